The largest absolute Gasteiger partial charge is 0.496 e. The molecule has 0 unspecified atom stereocenters. The number of hydrogen-bond acceptors (Lipinski definition) is 3. The summed E-state index contributed by atoms with van der Waals surface area (Å²) in [5.74, 6) is -1.14. The summed E-state index contributed by atoms with van der Waals surface area (Å²) in [5.41, 5.74) is 1.56. The van der Waals surface area contributed by atoms with Crippen LogP contribution in [0.3, 0.4) is 0 Å². The van der Waals surface area contributed by atoms with Crippen molar-refractivity contribution in [1.29, 1.82) is 0 Å². The molecule has 0 aliphatic heterocycles. The van der Waals surface area contributed by atoms with Gasteiger partial charge in [-0.2, -0.15) is 0 Å². The van der Waals surface area contributed by atoms with Gasteiger partial charge < -0.3 is 15.2 Å². The van der Waals surface area contributed by atoms with Gasteiger partial charge in [0.05, 0.1) is 13.7 Å². The van der Waals surface area contributed by atoms with Crippen molar-refractivity contribution in [3.63, 3.8) is 0 Å². The molecule has 3 nitrogen and oxygen atoms in total. The van der Waals surface area contributed by atoms with Gasteiger partial charge in [-0.25, -0.2) is 8.78 Å². The lowest BCUT2D eigenvalue weighted by atomic mass is 10.1. The van der Waals surface area contributed by atoms with E-state index in [9.17, 15) is 13.9 Å². The van der Waals surface area contributed by atoms with Crippen LogP contribution in [0.5, 0.6) is 5.75 Å². The van der Waals surface area contributed by atoms with Crippen molar-refractivity contribution in [3.05, 3.63) is 59.2 Å². The molecule has 0 bridgehead atoms. The second kappa shape index (κ2) is 6.34. The summed E-state index contributed by atoms with van der Waals surface area (Å²) in [5, 5.41) is 12.2. The number of anilines is 1. The van der Waals surface area contributed by atoms with Gasteiger partial charge in [-0.05, 0) is 24.3 Å². The number of aliphatic hydroxyl groups is 1. The molecule has 5 heteroatoms. The van der Waals surface area contributed by atoms with Crippen molar-refractivity contribution >= 4 is 5.69 Å². The minimum absolute atomic E-state index is 0.154. The zero-order chi connectivity index (χ0) is 14.5. The second-order valence-electron chi connectivity index (χ2n) is 4.25. The van der Waals surface area contributed by atoms with Crippen LogP contribution in [0.1, 0.15) is 11.1 Å². The Balaban J connectivity index is 2.13. The Morgan fingerprint density at radius 1 is 1.15 bits per heavy atom. The summed E-state index contributed by atoms with van der Waals surface area (Å²) < 4.78 is 31.7. The first-order chi connectivity index (χ1) is 9.65. The van der Waals surface area contributed by atoms with Crippen molar-refractivity contribution in [2.24, 2.45) is 0 Å². The van der Waals surface area contributed by atoms with Gasteiger partial charge in [0.2, 0.25) is 0 Å². The van der Waals surface area contributed by atoms with E-state index in [1.165, 1.54) is 19.2 Å². The van der Waals surface area contributed by atoms with Crippen LogP contribution in [0.4, 0.5) is 14.5 Å². The van der Waals surface area contributed by atoms with Gasteiger partial charge in [0.25, 0.3) is 0 Å². The highest BCUT2D eigenvalue weighted by Gasteiger charge is 2.08. The minimum atomic E-state index is -0.866. The molecule has 2 aromatic carbocycles. The van der Waals surface area contributed by atoms with Crippen LogP contribution < -0.4 is 10.1 Å². The lowest BCUT2D eigenvalue weighted by molar-refractivity contribution is 0.274. The fraction of sp³-hybridized carbons (Fsp3) is 0.200. The average Bonchev–Trinajstić information content (AvgIpc) is 2.48. The molecule has 106 valence electrons. The Labute approximate surface area is 115 Å². The number of aliphatic hydroxyl groups excluding tert-OH is 1. The summed E-state index contributed by atoms with van der Waals surface area (Å²) in [6.07, 6.45) is 0. The van der Waals surface area contributed by atoms with E-state index in [0.717, 1.165) is 6.07 Å². The van der Waals surface area contributed by atoms with Gasteiger partial charge in [0.1, 0.15) is 5.75 Å². The molecule has 0 atom stereocenters. The number of rotatable bonds is 5. The topological polar surface area (TPSA) is 41.5 Å². The number of hydrogen-bond donors (Lipinski definition) is 2. The summed E-state index contributed by atoms with van der Waals surface area (Å²) >= 11 is 0. The number of benzene rings is 2. The minimum Gasteiger partial charge on any atom is -0.496 e. The van der Waals surface area contributed by atoms with Crippen molar-refractivity contribution in [2.45, 2.75) is 13.2 Å². The first-order valence-electron chi connectivity index (χ1n) is 6.10. The Hall–Kier alpha value is -2.14. The molecule has 0 aromatic heterocycles. The van der Waals surface area contributed by atoms with E-state index < -0.39 is 11.6 Å². The van der Waals surface area contributed by atoms with Crippen molar-refractivity contribution in [1.82, 2.24) is 0 Å². The van der Waals surface area contributed by atoms with E-state index in [0.29, 0.717) is 17.0 Å². The van der Waals surface area contributed by atoms with Crippen molar-refractivity contribution in [2.75, 3.05) is 12.4 Å². The van der Waals surface area contributed by atoms with Gasteiger partial charge in [0.15, 0.2) is 11.6 Å². The highest BCUT2D eigenvalue weighted by Crippen LogP contribution is 2.23. The third-order valence-electron chi connectivity index (χ3n) is 2.97. The van der Waals surface area contributed by atoms with Crippen LogP contribution in [-0.4, -0.2) is 12.2 Å². The Bertz CT molecular complexity index is 602. The SMILES string of the molecule is COc1ccc(NCc2cccc(F)c2F)cc1CO. The Morgan fingerprint density at radius 2 is 1.95 bits per heavy atom. The molecule has 0 saturated carbocycles. The van der Waals surface area contributed by atoms with Crippen molar-refractivity contribution in [3.8, 4) is 5.75 Å². The van der Waals surface area contributed by atoms with E-state index >= 15 is 0 Å². The number of ether oxygens (including phenoxy) is 1. The molecular weight excluding hydrogens is 264 g/mol. The Kier molecular flexibility index (Phi) is 4.53. The second-order valence-corrected chi connectivity index (χ2v) is 4.25. The van der Waals surface area contributed by atoms with E-state index in [1.807, 2.05) is 0 Å². The average molecular weight is 279 g/mol. The quantitative estimate of drug-likeness (QED) is 0.883. The van der Waals surface area contributed by atoms with Crippen LogP contribution in [0.15, 0.2) is 36.4 Å². The maximum atomic E-state index is 13.5. The predicted molar refractivity (Wildman–Crippen MR) is 72.6 cm³/mol. The standard InChI is InChI=1S/C15H15F2NO2/c1-20-14-6-5-12(7-11(14)9-19)18-8-10-3-2-4-13(16)15(10)17/h2-7,18-19H,8-9H2,1H3. The fourth-order valence-electron chi connectivity index (χ4n) is 1.89. The van der Waals surface area contributed by atoms with Gasteiger partial charge >= 0.3 is 0 Å². The highest BCUT2D eigenvalue weighted by molar-refractivity contribution is 5.51. The molecule has 0 spiro atoms. The molecule has 0 amide bonds. The van der Waals surface area contributed by atoms with E-state index in [-0.39, 0.29) is 18.7 Å². The Morgan fingerprint density at radius 3 is 2.65 bits per heavy atom. The zero-order valence-corrected chi connectivity index (χ0v) is 11.0. The number of halogens is 2. The van der Waals surface area contributed by atoms with Gasteiger partial charge in [-0.15, -0.1) is 0 Å². The van der Waals surface area contributed by atoms with Crippen molar-refractivity contribution < 1.29 is 18.6 Å². The summed E-state index contributed by atoms with van der Waals surface area (Å²) in [6, 6.07) is 9.21. The van der Waals surface area contributed by atoms with E-state index in [1.54, 1.807) is 18.2 Å². The first kappa shape index (κ1) is 14.3. The smallest absolute Gasteiger partial charge is 0.163 e. The molecule has 2 aromatic rings. The van der Waals surface area contributed by atoms with Crippen LogP contribution >= 0.6 is 0 Å². The summed E-state index contributed by atoms with van der Waals surface area (Å²) in [7, 11) is 1.52. The zero-order valence-electron chi connectivity index (χ0n) is 11.0. The van der Waals surface area contributed by atoms with E-state index in [4.69, 9.17) is 4.74 Å². The van der Waals surface area contributed by atoms with Gasteiger partial charge in [0, 0.05) is 23.4 Å². The maximum Gasteiger partial charge on any atom is 0.163 e. The monoisotopic (exact) mass is 279 g/mol. The molecule has 0 aliphatic rings. The lowest BCUT2D eigenvalue weighted by Crippen LogP contribution is -2.04. The molecule has 2 N–H and O–H groups in total. The number of nitrogens with one attached hydrogen (secondary N) is 1. The molecule has 0 saturated heterocycles. The molecule has 20 heavy (non-hydrogen) atoms. The highest BCUT2D eigenvalue weighted by atomic mass is 19.2. The molecule has 0 fully saturated rings. The van der Waals surface area contributed by atoms with Gasteiger partial charge in [-0.1, -0.05) is 12.1 Å². The van der Waals surface area contributed by atoms with Crippen LogP contribution in [0.2, 0.25) is 0 Å². The molecule has 0 aliphatic carbocycles. The molecule has 0 radical (unpaired) electrons. The molecule has 0 heterocycles. The molecular formula is C15H15F2NO2. The lowest BCUT2D eigenvalue weighted by Gasteiger charge is -2.11. The maximum absolute atomic E-state index is 13.5. The number of methoxy groups -OCH3 is 1. The van der Waals surface area contributed by atoms with Crippen LogP contribution in [-0.2, 0) is 13.2 Å². The van der Waals surface area contributed by atoms with Crippen LogP contribution in [0.25, 0.3) is 0 Å². The van der Waals surface area contributed by atoms with Crippen LogP contribution in [0, 0.1) is 11.6 Å². The first-order valence-corrected chi connectivity index (χ1v) is 6.10. The predicted octanol–water partition coefficient (Wildman–Crippen LogP) is 3.08. The van der Waals surface area contributed by atoms with E-state index in [2.05, 4.69) is 5.32 Å². The fourth-order valence-corrected chi connectivity index (χ4v) is 1.89. The normalized spacial score (nSPS) is 10.4. The summed E-state index contributed by atoms with van der Waals surface area (Å²) in [6.45, 7) is -0.00614. The molecule has 2 rings (SSSR count). The third-order valence-corrected chi connectivity index (χ3v) is 2.97. The summed E-state index contributed by atoms with van der Waals surface area (Å²) in [4.78, 5) is 0. The van der Waals surface area contributed by atoms with Gasteiger partial charge in [-0.3, -0.25) is 0 Å². The third kappa shape index (κ3) is 3.05.